The molecular formula is C14H31N3. The predicted octanol–water partition coefficient (Wildman–Crippen LogP) is 1.64. The molecule has 1 unspecified atom stereocenters. The van der Waals surface area contributed by atoms with Gasteiger partial charge in [0.05, 0.1) is 0 Å². The minimum Gasteiger partial charge on any atom is -0.329 e. The van der Waals surface area contributed by atoms with Gasteiger partial charge >= 0.3 is 0 Å². The fraction of sp³-hybridized carbons (Fsp3) is 1.00. The molecule has 0 bridgehead atoms. The first kappa shape index (κ1) is 14.9. The lowest BCUT2D eigenvalue weighted by Gasteiger charge is -2.25. The Morgan fingerprint density at radius 2 is 1.65 bits per heavy atom. The van der Waals surface area contributed by atoms with Crippen LogP contribution in [-0.2, 0) is 0 Å². The molecule has 1 heterocycles. The van der Waals surface area contributed by atoms with Gasteiger partial charge in [-0.15, -0.1) is 0 Å². The highest BCUT2D eigenvalue weighted by molar-refractivity contribution is 4.72. The van der Waals surface area contributed by atoms with Crippen molar-refractivity contribution in [1.82, 2.24) is 9.80 Å². The average Bonchev–Trinajstić information content (AvgIpc) is 2.43. The van der Waals surface area contributed by atoms with Crippen molar-refractivity contribution in [3.8, 4) is 0 Å². The molecule has 1 rings (SSSR count). The summed E-state index contributed by atoms with van der Waals surface area (Å²) in [5, 5.41) is 0. The summed E-state index contributed by atoms with van der Waals surface area (Å²) in [6.45, 7) is 15.1. The Morgan fingerprint density at radius 1 is 1.00 bits per heavy atom. The summed E-state index contributed by atoms with van der Waals surface area (Å²) in [5.41, 5.74) is 5.63. The van der Waals surface area contributed by atoms with Crippen molar-refractivity contribution < 1.29 is 0 Å². The second-order valence-corrected chi connectivity index (χ2v) is 6.02. The van der Waals surface area contributed by atoms with Crippen molar-refractivity contribution >= 4 is 0 Å². The van der Waals surface area contributed by atoms with E-state index in [1.54, 1.807) is 0 Å². The molecule has 0 aromatic carbocycles. The molecule has 1 atom stereocenters. The molecule has 0 aliphatic carbocycles. The summed E-state index contributed by atoms with van der Waals surface area (Å²) in [5.74, 6) is 1.65. The third-order valence-electron chi connectivity index (χ3n) is 3.57. The standard InChI is InChI=1S/C14H31N3/c1-13(2)11-14(3)12-17-7-4-6-16(8-5-15)9-10-17/h13-14H,4-12,15H2,1-3H3. The highest BCUT2D eigenvalue weighted by atomic mass is 15.2. The van der Waals surface area contributed by atoms with E-state index in [0.29, 0.717) is 0 Å². The van der Waals surface area contributed by atoms with Gasteiger partial charge in [-0.2, -0.15) is 0 Å². The zero-order valence-corrected chi connectivity index (χ0v) is 12.0. The molecule has 0 aromatic rings. The van der Waals surface area contributed by atoms with Crippen LogP contribution in [0.25, 0.3) is 0 Å². The fourth-order valence-electron chi connectivity index (χ4n) is 2.93. The molecule has 0 aromatic heterocycles. The van der Waals surface area contributed by atoms with Gasteiger partial charge in [0.25, 0.3) is 0 Å². The molecule has 0 spiro atoms. The van der Waals surface area contributed by atoms with Gasteiger partial charge in [0, 0.05) is 32.7 Å². The van der Waals surface area contributed by atoms with Crippen LogP contribution in [0.5, 0.6) is 0 Å². The second-order valence-electron chi connectivity index (χ2n) is 6.02. The third kappa shape index (κ3) is 6.39. The summed E-state index contributed by atoms with van der Waals surface area (Å²) < 4.78 is 0. The van der Waals surface area contributed by atoms with Crippen LogP contribution >= 0.6 is 0 Å². The van der Waals surface area contributed by atoms with Crippen LogP contribution in [0.4, 0.5) is 0 Å². The van der Waals surface area contributed by atoms with E-state index < -0.39 is 0 Å². The molecular weight excluding hydrogens is 210 g/mol. The van der Waals surface area contributed by atoms with Gasteiger partial charge < -0.3 is 15.5 Å². The maximum Gasteiger partial charge on any atom is 0.0110 e. The van der Waals surface area contributed by atoms with Crippen molar-refractivity contribution in [3.63, 3.8) is 0 Å². The number of hydrogen-bond acceptors (Lipinski definition) is 3. The number of hydrogen-bond donors (Lipinski definition) is 1. The molecule has 17 heavy (non-hydrogen) atoms. The zero-order valence-electron chi connectivity index (χ0n) is 12.0. The lowest BCUT2D eigenvalue weighted by atomic mass is 9.98. The molecule has 1 aliphatic rings. The fourth-order valence-corrected chi connectivity index (χ4v) is 2.93. The Labute approximate surface area is 107 Å². The Hall–Kier alpha value is -0.120. The van der Waals surface area contributed by atoms with Crippen LogP contribution in [0.2, 0.25) is 0 Å². The van der Waals surface area contributed by atoms with Crippen molar-refractivity contribution in [2.75, 3.05) is 45.8 Å². The highest BCUT2D eigenvalue weighted by Crippen LogP contribution is 2.13. The molecule has 2 N–H and O–H groups in total. The lowest BCUT2D eigenvalue weighted by Crippen LogP contribution is -2.35. The van der Waals surface area contributed by atoms with Crippen molar-refractivity contribution in [3.05, 3.63) is 0 Å². The number of rotatable bonds is 6. The van der Waals surface area contributed by atoms with Crippen LogP contribution in [-0.4, -0.2) is 55.6 Å². The first-order valence-corrected chi connectivity index (χ1v) is 7.26. The van der Waals surface area contributed by atoms with Gasteiger partial charge in [0.15, 0.2) is 0 Å². The SMILES string of the molecule is CC(C)CC(C)CN1CCCN(CCN)CC1. The first-order chi connectivity index (χ1) is 8.11. The van der Waals surface area contributed by atoms with Gasteiger partial charge in [-0.05, 0) is 37.8 Å². The van der Waals surface area contributed by atoms with E-state index in [9.17, 15) is 0 Å². The minimum atomic E-state index is 0.795. The number of nitrogens with zero attached hydrogens (tertiary/aromatic N) is 2. The molecule has 3 nitrogen and oxygen atoms in total. The topological polar surface area (TPSA) is 32.5 Å². The summed E-state index contributed by atoms with van der Waals surface area (Å²) in [4.78, 5) is 5.15. The van der Waals surface area contributed by atoms with Gasteiger partial charge in [-0.25, -0.2) is 0 Å². The lowest BCUT2D eigenvalue weighted by molar-refractivity contribution is 0.222. The predicted molar refractivity (Wildman–Crippen MR) is 75.2 cm³/mol. The Kier molecular flexibility index (Phi) is 7.09. The molecule has 0 saturated carbocycles. The highest BCUT2D eigenvalue weighted by Gasteiger charge is 2.16. The molecule has 0 amide bonds. The van der Waals surface area contributed by atoms with Crippen molar-refractivity contribution in [2.45, 2.75) is 33.6 Å². The van der Waals surface area contributed by atoms with Crippen LogP contribution in [0.1, 0.15) is 33.6 Å². The largest absolute Gasteiger partial charge is 0.329 e. The molecule has 102 valence electrons. The maximum atomic E-state index is 5.63. The molecule has 1 saturated heterocycles. The van der Waals surface area contributed by atoms with Gasteiger partial charge in [0.1, 0.15) is 0 Å². The Bertz CT molecular complexity index is 194. The minimum absolute atomic E-state index is 0.795. The van der Waals surface area contributed by atoms with E-state index in [-0.39, 0.29) is 0 Å². The molecule has 1 fully saturated rings. The van der Waals surface area contributed by atoms with Crippen LogP contribution in [0, 0.1) is 11.8 Å². The molecule has 0 radical (unpaired) electrons. The van der Waals surface area contributed by atoms with Crippen LogP contribution in [0.15, 0.2) is 0 Å². The monoisotopic (exact) mass is 241 g/mol. The third-order valence-corrected chi connectivity index (χ3v) is 3.57. The first-order valence-electron chi connectivity index (χ1n) is 7.26. The van der Waals surface area contributed by atoms with E-state index in [0.717, 1.165) is 24.9 Å². The zero-order chi connectivity index (χ0) is 12.7. The van der Waals surface area contributed by atoms with E-state index in [1.807, 2.05) is 0 Å². The molecule has 1 aliphatic heterocycles. The Morgan fingerprint density at radius 3 is 2.29 bits per heavy atom. The van der Waals surface area contributed by atoms with Gasteiger partial charge in [0.2, 0.25) is 0 Å². The van der Waals surface area contributed by atoms with Crippen LogP contribution in [0.3, 0.4) is 0 Å². The van der Waals surface area contributed by atoms with Gasteiger partial charge in [-0.3, -0.25) is 0 Å². The van der Waals surface area contributed by atoms with Crippen molar-refractivity contribution in [2.24, 2.45) is 17.6 Å². The number of nitrogens with two attached hydrogens (primary N) is 1. The van der Waals surface area contributed by atoms with Crippen LogP contribution < -0.4 is 5.73 Å². The summed E-state index contributed by atoms with van der Waals surface area (Å²) in [7, 11) is 0. The van der Waals surface area contributed by atoms with E-state index in [4.69, 9.17) is 5.73 Å². The van der Waals surface area contributed by atoms with E-state index in [2.05, 4.69) is 30.6 Å². The van der Waals surface area contributed by atoms with E-state index in [1.165, 1.54) is 45.6 Å². The average molecular weight is 241 g/mol. The van der Waals surface area contributed by atoms with Crippen molar-refractivity contribution in [1.29, 1.82) is 0 Å². The Balaban J connectivity index is 2.26. The summed E-state index contributed by atoms with van der Waals surface area (Å²) >= 11 is 0. The summed E-state index contributed by atoms with van der Waals surface area (Å²) in [6.07, 6.45) is 2.65. The summed E-state index contributed by atoms with van der Waals surface area (Å²) in [6, 6.07) is 0. The molecule has 3 heteroatoms. The van der Waals surface area contributed by atoms with Gasteiger partial charge in [-0.1, -0.05) is 20.8 Å². The van der Waals surface area contributed by atoms with E-state index >= 15 is 0 Å². The quantitative estimate of drug-likeness (QED) is 0.767. The maximum absolute atomic E-state index is 5.63. The normalized spacial score (nSPS) is 21.7. The second kappa shape index (κ2) is 8.06. The smallest absolute Gasteiger partial charge is 0.0110 e.